The Hall–Kier alpha value is -2.61. The van der Waals surface area contributed by atoms with Gasteiger partial charge in [0.2, 0.25) is 5.91 Å². The molecule has 1 saturated heterocycles. The van der Waals surface area contributed by atoms with E-state index in [-0.39, 0.29) is 24.1 Å². The Labute approximate surface area is 172 Å². The van der Waals surface area contributed by atoms with E-state index in [4.69, 9.17) is 4.74 Å². The van der Waals surface area contributed by atoms with E-state index in [0.717, 1.165) is 23.4 Å². The molecule has 2 aromatic carbocycles. The van der Waals surface area contributed by atoms with E-state index < -0.39 is 17.6 Å². The van der Waals surface area contributed by atoms with Crippen LogP contribution in [0.3, 0.4) is 0 Å². The average Bonchev–Trinajstić information content (AvgIpc) is 3.06. The van der Waals surface area contributed by atoms with Crippen molar-refractivity contribution >= 4 is 5.91 Å². The summed E-state index contributed by atoms with van der Waals surface area (Å²) in [6.07, 6.45) is -2.89. The van der Waals surface area contributed by atoms with E-state index >= 15 is 0 Å². The summed E-state index contributed by atoms with van der Waals surface area (Å²) in [6, 6.07) is 10.1. The third-order valence-corrected chi connectivity index (χ3v) is 5.32. The number of hydrogen-bond donors (Lipinski definition) is 1. The van der Waals surface area contributed by atoms with Gasteiger partial charge in [0.15, 0.2) is 0 Å². The van der Waals surface area contributed by atoms with Gasteiger partial charge in [-0.15, -0.1) is 0 Å². The van der Waals surface area contributed by atoms with Crippen molar-refractivity contribution < 1.29 is 27.1 Å². The van der Waals surface area contributed by atoms with Gasteiger partial charge in [-0.2, -0.15) is 13.2 Å². The minimum absolute atomic E-state index is 0.0219. The number of halogens is 4. The standard InChI is InChI=1S/C22H24F4N2O2/c1-30-19-7-2-15(3-8-19)13-27-11-10-18-6-9-21(29)28(18)14-16-4-5-17(12-20(16)23)22(24,25)26/h2-5,7-8,12,18,27H,6,9-11,13-14H2,1H3/t18-/m1/s1. The Balaban J connectivity index is 1.54. The molecule has 1 N–H and O–H groups in total. The van der Waals surface area contributed by atoms with Crippen LogP contribution in [0.5, 0.6) is 5.75 Å². The molecule has 0 radical (unpaired) electrons. The predicted octanol–water partition coefficient (Wildman–Crippen LogP) is 4.52. The number of ether oxygens (including phenoxy) is 1. The zero-order chi connectivity index (χ0) is 21.7. The fourth-order valence-corrected chi connectivity index (χ4v) is 3.59. The highest BCUT2D eigenvalue weighted by atomic mass is 19.4. The fraction of sp³-hybridized carbons (Fsp3) is 0.409. The molecule has 0 unspecified atom stereocenters. The van der Waals surface area contributed by atoms with Crippen LogP contribution < -0.4 is 10.1 Å². The Morgan fingerprint density at radius 1 is 1.17 bits per heavy atom. The first kappa shape index (κ1) is 22.1. The molecule has 162 valence electrons. The highest BCUT2D eigenvalue weighted by Crippen LogP contribution is 2.31. The first-order valence-electron chi connectivity index (χ1n) is 9.76. The molecule has 1 amide bonds. The molecule has 1 aliphatic rings. The topological polar surface area (TPSA) is 41.6 Å². The third-order valence-electron chi connectivity index (χ3n) is 5.32. The Bertz CT molecular complexity index is 868. The Morgan fingerprint density at radius 2 is 1.90 bits per heavy atom. The van der Waals surface area contributed by atoms with Gasteiger partial charge in [0, 0.05) is 31.1 Å². The summed E-state index contributed by atoms with van der Waals surface area (Å²) in [7, 11) is 1.61. The quantitative estimate of drug-likeness (QED) is 0.500. The molecule has 0 saturated carbocycles. The molecule has 8 heteroatoms. The maximum Gasteiger partial charge on any atom is 0.416 e. The number of benzene rings is 2. The summed E-state index contributed by atoms with van der Waals surface area (Å²) in [4.78, 5) is 13.8. The van der Waals surface area contributed by atoms with Gasteiger partial charge in [-0.25, -0.2) is 4.39 Å². The summed E-state index contributed by atoms with van der Waals surface area (Å²) < 4.78 is 57.5. The molecule has 1 fully saturated rings. The third kappa shape index (κ3) is 5.50. The molecule has 4 nitrogen and oxygen atoms in total. The van der Waals surface area contributed by atoms with E-state index in [1.54, 1.807) is 12.0 Å². The summed E-state index contributed by atoms with van der Waals surface area (Å²) in [5.41, 5.74) is 0.159. The molecule has 30 heavy (non-hydrogen) atoms. The lowest BCUT2D eigenvalue weighted by molar-refractivity contribution is -0.138. The van der Waals surface area contributed by atoms with Crippen LogP contribution in [0.15, 0.2) is 42.5 Å². The average molecular weight is 424 g/mol. The number of rotatable bonds is 8. The molecule has 2 aromatic rings. The van der Waals surface area contributed by atoms with Crippen LogP contribution in [0.4, 0.5) is 17.6 Å². The molecule has 3 rings (SSSR count). The normalized spacial score (nSPS) is 16.9. The van der Waals surface area contributed by atoms with Gasteiger partial charge in [0.05, 0.1) is 12.7 Å². The van der Waals surface area contributed by atoms with Crippen molar-refractivity contribution in [3.8, 4) is 5.75 Å². The second-order valence-corrected chi connectivity index (χ2v) is 7.33. The van der Waals surface area contributed by atoms with E-state index in [1.807, 2.05) is 24.3 Å². The van der Waals surface area contributed by atoms with E-state index in [0.29, 0.717) is 38.4 Å². The SMILES string of the molecule is COc1ccc(CNCC[C@H]2CCC(=O)N2Cc2ccc(C(F)(F)F)cc2F)cc1. The van der Waals surface area contributed by atoms with Crippen molar-refractivity contribution in [2.24, 2.45) is 0 Å². The minimum atomic E-state index is -4.60. The number of nitrogens with one attached hydrogen (secondary N) is 1. The number of hydrogen-bond acceptors (Lipinski definition) is 3. The van der Waals surface area contributed by atoms with Crippen molar-refractivity contribution in [2.45, 2.75) is 44.6 Å². The van der Waals surface area contributed by atoms with Crippen LogP contribution in [-0.4, -0.2) is 30.5 Å². The lowest BCUT2D eigenvalue weighted by atomic mass is 10.1. The molecule has 0 aliphatic carbocycles. The van der Waals surface area contributed by atoms with Crippen molar-refractivity contribution in [3.63, 3.8) is 0 Å². The molecule has 1 atom stereocenters. The lowest BCUT2D eigenvalue weighted by Gasteiger charge is -2.25. The van der Waals surface area contributed by atoms with Crippen LogP contribution in [0, 0.1) is 5.82 Å². The minimum Gasteiger partial charge on any atom is -0.497 e. The summed E-state index contributed by atoms with van der Waals surface area (Å²) in [6.45, 7) is 1.31. The first-order chi connectivity index (χ1) is 14.3. The Morgan fingerprint density at radius 3 is 2.53 bits per heavy atom. The zero-order valence-corrected chi connectivity index (χ0v) is 16.6. The van der Waals surface area contributed by atoms with Crippen LogP contribution in [0.2, 0.25) is 0 Å². The van der Waals surface area contributed by atoms with E-state index in [9.17, 15) is 22.4 Å². The largest absolute Gasteiger partial charge is 0.497 e. The molecular formula is C22H24F4N2O2. The van der Waals surface area contributed by atoms with E-state index in [2.05, 4.69) is 5.32 Å². The van der Waals surface area contributed by atoms with Gasteiger partial charge in [-0.05, 0) is 49.2 Å². The number of alkyl halides is 3. The molecule has 1 aliphatic heterocycles. The van der Waals surface area contributed by atoms with Crippen molar-refractivity contribution in [1.29, 1.82) is 0 Å². The van der Waals surface area contributed by atoms with Crippen LogP contribution in [0.25, 0.3) is 0 Å². The lowest BCUT2D eigenvalue weighted by Crippen LogP contribution is -2.35. The number of amides is 1. The van der Waals surface area contributed by atoms with Gasteiger partial charge >= 0.3 is 6.18 Å². The highest BCUT2D eigenvalue weighted by Gasteiger charge is 2.33. The number of likely N-dealkylation sites (tertiary alicyclic amines) is 1. The second-order valence-electron chi connectivity index (χ2n) is 7.33. The number of carbonyl (C=O) groups is 1. The molecule has 0 aromatic heterocycles. The highest BCUT2D eigenvalue weighted by molar-refractivity contribution is 5.78. The first-order valence-corrected chi connectivity index (χ1v) is 9.76. The summed E-state index contributed by atoms with van der Waals surface area (Å²) in [5.74, 6) is -0.260. The van der Waals surface area contributed by atoms with Gasteiger partial charge in [0.25, 0.3) is 0 Å². The van der Waals surface area contributed by atoms with Crippen molar-refractivity contribution in [1.82, 2.24) is 10.2 Å². The zero-order valence-electron chi connectivity index (χ0n) is 16.6. The molecule has 0 spiro atoms. The summed E-state index contributed by atoms with van der Waals surface area (Å²) >= 11 is 0. The maximum absolute atomic E-state index is 14.2. The van der Waals surface area contributed by atoms with Gasteiger partial charge in [-0.3, -0.25) is 4.79 Å². The number of carbonyl (C=O) groups excluding carboxylic acids is 1. The van der Waals surface area contributed by atoms with E-state index in [1.165, 1.54) is 0 Å². The molecule has 1 heterocycles. The van der Waals surface area contributed by atoms with Crippen molar-refractivity contribution in [2.75, 3.05) is 13.7 Å². The number of nitrogens with zero attached hydrogens (tertiary/aromatic N) is 1. The van der Waals surface area contributed by atoms with Crippen LogP contribution >= 0.6 is 0 Å². The fourth-order valence-electron chi connectivity index (χ4n) is 3.59. The number of methoxy groups -OCH3 is 1. The monoisotopic (exact) mass is 424 g/mol. The predicted molar refractivity (Wildman–Crippen MR) is 104 cm³/mol. The van der Waals surface area contributed by atoms with Crippen LogP contribution in [0.1, 0.15) is 36.0 Å². The summed E-state index contributed by atoms with van der Waals surface area (Å²) in [5, 5.41) is 3.32. The smallest absolute Gasteiger partial charge is 0.416 e. The molecular weight excluding hydrogens is 400 g/mol. The van der Waals surface area contributed by atoms with Gasteiger partial charge in [-0.1, -0.05) is 18.2 Å². The van der Waals surface area contributed by atoms with Gasteiger partial charge < -0.3 is 15.0 Å². The van der Waals surface area contributed by atoms with Crippen molar-refractivity contribution in [3.05, 3.63) is 65.0 Å². The van der Waals surface area contributed by atoms with Gasteiger partial charge in [0.1, 0.15) is 11.6 Å². The molecule has 0 bridgehead atoms. The Kier molecular flexibility index (Phi) is 6.97. The maximum atomic E-state index is 14.2. The van der Waals surface area contributed by atoms with Crippen LogP contribution in [-0.2, 0) is 24.1 Å². The second kappa shape index (κ2) is 9.47.